The highest BCUT2D eigenvalue weighted by atomic mass is 32.2. The fourth-order valence-corrected chi connectivity index (χ4v) is 3.21. The van der Waals surface area contributed by atoms with Gasteiger partial charge >= 0.3 is 5.97 Å². The first-order chi connectivity index (χ1) is 12.7. The molecule has 0 bridgehead atoms. The van der Waals surface area contributed by atoms with Crippen LogP contribution >= 0.6 is 0 Å². The van der Waals surface area contributed by atoms with E-state index < -0.39 is 28.5 Å². The topological polar surface area (TPSA) is 106 Å². The minimum Gasteiger partial charge on any atom is -0.465 e. The van der Waals surface area contributed by atoms with Gasteiger partial charge in [-0.25, -0.2) is 17.5 Å². The predicted octanol–water partition coefficient (Wildman–Crippen LogP) is 2.03. The van der Waals surface area contributed by atoms with E-state index in [-0.39, 0.29) is 10.6 Å². The molecule has 0 saturated carbocycles. The largest absolute Gasteiger partial charge is 0.465 e. The van der Waals surface area contributed by atoms with Crippen LogP contribution in [-0.4, -0.2) is 45.3 Å². The van der Waals surface area contributed by atoms with Crippen molar-refractivity contribution in [3.05, 3.63) is 54.0 Å². The summed E-state index contributed by atoms with van der Waals surface area (Å²) >= 11 is 0. The Balaban J connectivity index is 1.97. The Kier molecular flexibility index (Phi) is 6.54. The molecule has 0 spiro atoms. The molecule has 2 aromatic rings. The number of sulfonamides is 1. The van der Waals surface area contributed by atoms with Gasteiger partial charge in [-0.15, -0.1) is 0 Å². The van der Waals surface area contributed by atoms with Crippen molar-refractivity contribution < 1.29 is 27.2 Å². The van der Waals surface area contributed by atoms with E-state index in [0.29, 0.717) is 11.3 Å². The molecule has 9 heteroatoms. The molecule has 0 aliphatic carbocycles. The lowest BCUT2D eigenvalue weighted by Crippen LogP contribution is -2.24. The highest BCUT2D eigenvalue weighted by Gasteiger charge is 2.20. The number of aryl methyl sites for hydroxylation is 1. The lowest BCUT2D eigenvalue weighted by atomic mass is 10.2. The average molecular weight is 392 g/mol. The first-order valence-electron chi connectivity index (χ1n) is 7.91. The van der Waals surface area contributed by atoms with Crippen molar-refractivity contribution >= 4 is 33.7 Å². The van der Waals surface area contributed by atoms with Gasteiger partial charge in [-0.05, 0) is 42.8 Å². The Morgan fingerprint density at radius 3 is 2.63 bits per heavy atom. The Hall–Kier alpha value is -2.91. The first-order valence-corrected chi connectivity index (χ1v) is 9.35. The third-order valence-electron chi connectivity index (χ3n) is 3.50. The van der Waals surface area contributed by atoms with Crippen molar-refractivity contribution in [3.8, 4) is 0 Å². The van der Waals surface area contributed by atoms with Crippen LogP contribution in [0.4, 0.5) is 5.69 Å². The van der Waals surface area contributed by atoms with Crippen LogP contribution in [0.2, 0.25) is 0 Å². The molecule has 0 atom stereocenters. The SMILES string of the molecule is Cc1ccc(NC(=O)COC(=O)C=Cc2ccco2)cc1S(=O)(=O)N(C)C. The second kappa shape index (κ2) is 8.65. The van der Waals surface area contributed by atoms with Crippen LogP contribution in [0.1, 0.15) is 11.3 Å². The summed E-state index contributed by atoms with van der Waals surface area (Å²) in [7, 11) is -0.789. The zero-order chi connectivity index (χ0) is 20.0. The number of benzene rings is 1. The molecule has 0 saturated heterocycles. The standard InChI is InChI=1S/C18H20N2O6S/c1-13-6-7-14(11-16(13)27(23,24)20(2)3)19-17(21)12-26-18(22)9-8-15-5-4-10-25-15/h4-11H,12H2,1-3H3,(H,19,21). The molecule has 1 N–H and O–H groups in total. The van der Waals surface area contributed by atoms with Gasteiger partial charge in [0, 0.05) is 25.9 Å². The predicted molar refractivity (Wildman–Crippen MR) is 99.4 cm³/mol. The summed E-state index contributed by atoms with van der Waals surface area (Å²) in [5.41, 5.74) is 0.837. The number of amides is 1. The Morgan fingerprint density at radius 2 is 2.00 bits per heavy atom. The van der Waals surface area contributed by atoms with Crippen molar-refractivity contribution in [2.24, 2.45) is 0 Å². The number of furan rings is 1. The van der Waals surface area contributed by atoms with E-state index in [4.69, 9.17) is 9.15 Å². The van der Waals surface area contributed by atoms with E-state index >= 15 is 0 Å². The van der Waals surface area contributed by atoms with Gasteiger partial charge < -0.3 is 14.5 Å². The summed E-state index contributed by atoms with van der Waals surface area (Å²) in [5, 5.41) is 2.50. The lowest BCUT2D eigenvalue weighted by Gasteiger charge is -2.15. The number of ether oxygens (including phenoxy) is 1. The van der Waals surface area contributed by atoms with Gasteiger partial charge in [-0.1, -0.05) is 6.07 Å². The van der Waals surface area contributed by atoms with Crippen molar-refractivity contribution in [1.29, 1.82) is 0 Å². The fourth-order valence-electron chi connectivity index (χ4n) is 2.07. The third kappa shape index (κ3) is 5.53. The minimum atomic E-state index is -3.64. The summed E-state index contributed by atoms with van der Waals surface area (Å²) < 4.78 is 35.6. The number of rotatable bonds is 7. The van der Waals surface area contributed by atoms with Gasteiger partial charge in [-0.3, -0.25) is 4.79 Å². The molecule has 0 unspecified atom stereocenters. The van der Waals surface area contributed by atoms with Gasteiger partial charge in [-0.2, -0.15) is 0 Å². The lowest BCUT2D eigenvalue weighted by molar-refractivity contribution is -0.142. The Labute approximate surface area is 157 Å². The number of carbonyl (C=O) groups excluding carboxylic acids is 2. The summed E-state index contributed by atoms with van der Waals surface area (Å²) in [6.45, 7) is 1.15. The molecular weight excluding hydrogens is 372 g/mol. The van der Waals surface area contributed by atoms with Gasteiger partial charge in [0.2, 0.25) is 10.0 Å². The third-order valence-corrected chi connectivity index (χ3v) is 5.46. The summed E-state index contributed by atoms with van der Waals surface area (Å²) in [4.78, 5) is 23.6. The summed E-state index contributed by atoms with van der Waals surface area (Å²) in [6, 6.07) is 7.85. The molecule has 1 heterocycles. The first kappa shape index (κ1) is 20.4. The van der Waals surface area contributed by atoms with Crippen LogP contribution < -0.4 is 5.32 Å². The zero-order valence-electron chi connectivity index (χ0n) is 15.1. The van der Waals surface area contributed by atoms with Crippen LogP contribution in [0.3, 0.4) is 0 Å². The van der Waals surface area contributed by atoms with Gasteiger partial charge in [0.25, 0.3) is 5.91 Å². The number of nitrogens with zero attached hydrogens (tertiary/aromatic N) is 1. The molecule has 0 radical (unpaired) electrons. The molecule has 0 fully saturated rings. The highest BCUT2D eigenvalue weighted by molar-refractivity contribution is 7.89. The highest BCUT2D eigenvalue weighted by Crippen LogP contribution is 2.22. The van der Waals surface area contributed by atoms with Crippen molar-refractivity contribution in [2.45, 2.75) is 11.8 Å². The number of anilines is 1. The molecule has 1 aromatic carbocycles. The van der Waals surface area contributed by atoms with E-state index in [2.05, 4.69) is 5.32 Å². The number of hydrogen-bond donors (Lipinski definition) is 1. The van der Waals surface area contributed by atoms with Crippen LogP contribution in [0.15, 0.2) is 52.0 Å². The number of hydrogen-bond acceptors (Lipinski definition) is 6. The molecule has 27 heavy (non-hydrogen) atoms. The van der Waals surface area contributed by atoms with Crippen LogP contribution in [0.25, 0.3) is 6.08 Å². The minimum absolute atomic E-state index is 0.0867. The maximum atomic E-state index is 12.3. The van der Waals surface area contributed by atoms with Crippen LogP contribution in [-0.2, 0) is 24.3 Å². The number of esters is 1. The molecule has 1 amide bonds. The van der Waals surface area contributed by atoms with Crippen LogP contribution in [0, 0.1) is 6.92 Å². The summed E-state index contributed by atoms with van der Waals surface area (Å²) in [5.74, 6) is -0.821. The Bertz CT molecular complexity index is 946. The normalized spacial score (nSPS) is 11.7. The monoisotopic (exact) mass is 392 g/mol. The van der Waals surface area contributed by atoms with E-state index in [1.807, 2.05) is 0 Å². The number of nitrogens with one attached hydrogen (secondary N) is 1. The van der Waals surface area contributed by atoms with Crippen molar-refractivity contribution in [3.63, 3.8) is 0 Å². The van der Waals surface area contributed by atoms with E-state index in [0.717, 1.165) is 10.4 Å². The number of carbonyl (C=O) groups is 2. The van der Waals surface area contributed by atoms with Crippen molar-refractivity contribution in [1.82, 2.24) is 4.31 Å². The molecule has 2 rings (SSSR count). The van der Waals surface area contributed by atoms with E-state index in [9.17, 15) is 18.0 Å². The van der Waals surface area contributed by atoms with E-state index in [1.54, 1.807) is 31.2 Å². The smallest absolute Gasteiger partial charge is 0.331 e. The van der Waals surface area contributed by atoms with Gasteiger partial charge in [0.05, 0.1) is 11.2 Å². The van der Waals surface area contributed by atoms with Crippen LogP contribution in [0.5, 0.6) is 0 Å². The molecular formula is C18H20N2O6S. The molecule has 0 aliphatic heterocycles. The van der Waals surface area contributed by atoms with Gasteiger partial charge in [0.15, 0.2) is 6.61 Å². The Morgan fingerprint density at radius 1 is 1.26 bits per heavy atom. The fraction of sp³-hybridized carbons (Fsp3) is 0.222. The van der Waals surface area contributed by atoms with Crippen molar-refractivity contribution in [2.75, 3.05) is 26.0 Å². The maximum absolute atomic E-state index is 12.3. The average Bonchev–Trinajstić information content (AvgIpc) is 3.13. The molecule has 0 aliphatic rings. The molecule has 144 valence electrons. The quantitative estimate of drug-likeness (QED) is 0.571. The molecule has 1 aromatic heterocycles. The summed E-state index contributed by atoms with van der Waals surface area (Å²) in [6.07, 6.45) is 4.02. The second-order valence-corrected chi connectivity index (χ2v) is 7.89. The zero-order valence-corrected chi connectivity index (χ0v) is 15.9. The van der Waals surface area contributed by atoms with Gasteiger partial charge in [0.1, 0.15) is 5.76 Å². The molecule has 8 nitrogen and oxygen atoms in total. The van der Waals surface area contributed by atoms with E-state index in [1.165, 1.54) is 32.5 Å². The second-order valence-electron chi connectivity index (χ2n) is 5.77. The maximum Gasteiger partial charge on any atom is 0.331 e.